The molecular weight excluding hydrogens is 429 g/mol. The zero-order chi connectivity index (χ0) is 23.7. The molecule has 0 unspecified atom stereocenters. The number of fused-ring (bicyclic) bond motifs is 1. The minimum Gasteiger partial charge on any atom is -0.481 e. The van der Waals surface area contributed by atoms with Crippen molar-refractivity contribution in [2.24, 2.45) is 5.92 Å². The molecule has 1 aliphatic heterocycles. The Morgan fingerprint density at radius 3 is 2.70 bits per heavy atom. The van der Waals surface area contributed by atoms with Crippen LogP contribution in [0.1, 0.15) is 25.3 Å². The van der Waals surface area contributed by atoms with E-state index in [2.05, 4.69) is 0 Å². The Morgan fingerprint density at radius 1 is 1.18 bits per heavy atom. The smallest absolute Gasteiger partial charge is 0.336 e. The SMILES string of the molecule is Cc1cc(F)ccc1-c1cc(=O)oc2cc(O[C@H](C)C(=O)N3CCC[C@H](C(=O)O)C3)ccc12. The van der Waals surface area contributed by atoms with Crippen LogP contribution in [0.25, 0.3) is 22.1 Å². The molecule has 7 nitrogen and oxygen atoms in total. The van der Waals surface area contributed by atoms with E-state index in [4.69, 9.17) is 9.15 Å². The fraction of sp³-hybridized carbons (Fsp3) is 0.320. The summed E-state index contributed by atoms with van der Waals surface area (Å²) in [6.07, 6.45) is 0.333. The number of aryl methyl sites for hydroxylation is 1. The van der Waals surface area contributed by atoms with Crippen LogP contribution in [0.3, 0.4) is 0 Å². The maximum Gasteiger partial charge on any atom is 0.336 e. The van der Waals surface area contributed by atoms with Gasteiger partial charge in [-0.3, -0.25) is 9.59 Å². The average molecular weight is 453 g/mol. The maximum absolute atomic E-state index is 13.5. The number of ether oxygens (including phenoxy) is 1. The molecule has 1 fully saturated rings. The Hall–Kier alpha value is -3.68. The lowest BCUT2D eigenvalue weighted by molar-refractivity contribution is -0.147. The summed E-state index contributed by atoms with van der Waals surface area (Å²) in [6.45, 7) is 4.02. The molecule has 2 atom stereocenters. The minimum absolute atomic E-state index is 0.162. The molecule has 172 valence electrons. The second-order valence-electron chi connectivity index (χ2n) is 8.32. The van der Waals surface area contributed by atoms with Crippen molar-refractivity contribution in [3.63, 3.8) is 0 Å². The third kappa shape index (κ3) is 4.74. The lowest BCUT2D eigenvalue weighted by Gasteiger charge is -2.32. The minimum atomic E-state index is -0.905. The largest absolute Gasteiger partial charge is 0.481 e. The second-order valence-corrected chi connectivity index (χ2v) is 8.32. The third-order valence-corrected chi connectivity index (χ3v) is 5.94. The zero-order valence-electron chi connectivity index (χ0n) is 18.3. The van der Waals surface area contributed by atoms with Crippen molar-refractivity contribution in [2.45, 2.75) is 32.8 Å². The van der Waals surface area contributed by atoms with Crippen LogP contribution in [0.15, 0.2) is 51.7 Å². The molecule has 2 aromatic carbocycles. The molecule has 3 aromatic rings. The zero-order valence-corrected chi connectivity index (χ0v) is 18.3. The molecule has 1 N–H and O–H groups in total. The number of carboxylic acid groups (broad SMARTS) is 1. The molecule has 0 bridgehead atoms. The predicted molar refractivity (Wildman–Crippen MR) is 120 cm³/mol. The van der Waals surface area contributed by atoms with Gasteiger partial charge in [0, 0.05) is 36.2 Å². The van der Waals surface area contributed by atoms with Crippen molar-refractivity contribution in [3.8, 4) is 16.9 Å². The maximum atomic E-state index is 13.5. The number of halogens is 1. The van der Waals surface area contributed by atoms with Gasteiger partial charge in [0.2, 0.25) is 0 Å². The number of carbonyl (C=O) groups excluding carboxylic acids is 1. The molecule has 0 saturated carbocycles. The molecule has 33 heavy (non-hydrogen) atoms. The standard InChI is InChI=1S/C25H24FNO6/c1-14-10-17(26)5-7-19(14)21-12-23(28)33-22-11-18(6-8-20(21)22)32-15(2)24(29)27-9-3-4-16(13-27)25(30)31/h5-8,10-12,15-16H,3-4,9,13H2,1-2H3,(H,30,31)/t15-,16+/m1/s1. The molecule has 2 heterocycles. The molecule has 0 aliphatic carbocycles. The Bertz CT molecular complexity index is 1280. The van der Waals surface area contributed by atoms with Crippen LogP contribution in [-0.2, 0) is 9.59 Å². The number of rotatable bonds is 5. The van der Waals surface area contributed by atoms with Crippen LogP contribution in [0.5, 0.6) is 5.75 Å². The highest BCUT2D eigenvalue weighted by atomic mass is 19.1. The lowest BCUT2D eigenvalue weighted by atomic mass is 9.97. The third-order valence-electron chi connectivity index (χ3n) is 5.94. The molecular formula is C25H24FNO6. The van der Waals surface area contributed by atoms with E-state index >= 15 is 0 Å². The number of amides is 1. The van der Waals surface area contributed by atoms with Gasteiger partial charge in [0.1, 0.15) is 17.1 Å². The van der Waals surface area contributed by atoms with E-state index < -0.39 is 23.6 Å². The number of nitrogens with zero attached hydrogens (tertiary/aromatic N) is 1. The molecule has 1 aliphatic rings. The monoisotopic (exact) mass is 453 g/mol. The average Bonchev–Trinajstić information content (AvgIpc) is 2.78. The van der Waals surface area contributed by atoms with Crippen LogP contribution < -0.4 is 10.4 Å². The fourth-order valence-corrected chi connectivity index (χ4v) is 4.26. The number of aliphatic carboxylic acids is 1. The van der Waals surface area contributed by atoms with E-state index in [1.54, 1.807) is 38.1 Å². The van der Waals surface area contributed by atoms with Crippen LogP contribution in [0, 0.1) is 18.7 Å². The summed E-state index contributed by atoms with van der Waals surface area (Å²) in [5.74, 6) is -1.79. The summed E-state index contributed by atoms with van der Waals surface area (Å²) >= 11 is 0. The molecule has 0 radical (unpaired) electrons. The Morgan fingerprint density at radius 2 is 1.97 bits per heavy atom. The first-order chi connectivity index (χ1) is 15.7. The van der Waals surface area contributed by atoms with Gasteiger partial charge in [0.05, 0.1) is 5.92 Å². The number of hydrogen-bond acceptors (Lipinski definition) is 5. The Labute approximate surface area is 189 Å². The predicted octanol–water partition coefficient (Wildman–Crippen LogP) is 4.00. The summed E-state index contributed by atoms with van der Waals surface area (Å²) in [4.78, 5) is 37.8. The van der Waals surface area contributed by atoms with Gasteiger partial charge >= 0.3 is 11.6 Å². The van der Waals surface area contributed by atoms with E-state index in [1.165, 1.54) is 23.1 Å². The number of likely N-dealkylation sites (tertiary alicyclic amines) is 1. The summed E-state index contributed by atoms with van der Waals surface area (Å²) < 4.78 is 24.7. The fourth-order valence-electron chi connectivity index (χ4n) is 4.26. The Kier molecular flexibility index (Phi) is 6.18. The first-order valence-corrected chi connectivity index (χ1v) is 10.8. The summed E-state index contributed by atoms with van der Waals surface area (Å²) in [6, 6.07) is 10.7. The first kappa shape index (κ1) is 22.5. The summed E-state index contributed by atoms with van der Waals surface area (Å²) in [7, 11) is 0. The highest BCUT2D eigenvalue weighted by molar-refractivity contribution is 5.94. The van der Waals surface area contributed by atoms with Gasteiger partial charge in [-0.25, -0.2) is 9.18 Å². The van der Waals surface area contributed by atoms with Crippen LogP contribution in [-0.4, -0.2) is 41.1 Å². The van der Waals surface area contributed by atoms with E-state index in [0.29, 0.717) is 47.2 Å². The first-order valence-electron chi connectivity index (χ1n) is 10.8. The van der Waals surface area contributed by atoms with Crippen molar-refractivity contribution in [3.05, 3.63) is 64.3 Å². The normalized spacial score (nSPS) is 17.1. The van der Waals surface area contributed by atoms with Crippen LogP contribution >= 0.6 is 0 Å². The van der Waals surface area contributed by atoms with Crippen molar-refractivity contribution >= 4 is 22.8 Å². The van der Waals surface area contributed by atoms with Gasteiger partial charge in [-0.15, -0.1) is 0 Å². The van der Waals surface area contributed by atoms with Crippen molar-refractivity contribution < 1.29 is 28.2 Å². The number of hydrogen-bond donors (Lipinski definition) is 1. The van der Waals surface area contributed by atoms with Gasteiger partial charge < -0.3 is 19.2 Å². The molecule has 0 spiro atoms. The van der Waals surface area contributed by atoms with Gasteiger partial charge in [0.25, 0.3) is 5.91 Å². The molecule has 8 heteroatoms. The highest BCUT2D eigenvalue weighted by Crippen LogP contribution is 2.32. The lowest BCUT2D eigenvalue weighted by Crippen LogP contribution is -2.47. The molecule has 1 amide bonds. The molecule has 4 rings (SSSR count). The van der Waals surface area contributed by atoms with Crippen LogP contribution in [0.4, 0.5) is 4.39 Å². The van der Waals surface area contributed by atoms with E-state index in [-0.39, 0.29) is 23.9 Å². The quantitative estimate of drug-likeness (QED) is 0.587. The van der Waals surface area contributed by atoms with E-state index in [1.807, 2.05) is 0 Å². The Balaban J connectivity index is 1.59. The molecule has 1 aromatic heterocycles. The topological polar surface area (TPSA) is 97.0 Å². The number of carbonyl (C=O) groups is 2. The summed E-state index contributed by atoms with van der Waals surface area (Å²) in [5.41, 5.74) is 1.73. The second kappa shape index (κ2) is 9.05. The van der Waals surface area contributed by atoms with Gasteiger partial charge in [-0.1, -0.05) is 6.07 Å². The van der Waals surface area contributed by atoms with Crippen molar-refractivity contribution in [1.82, 2.24) is 4.90 Å². The van der Waals surface area contributed by atoms with Crippen molar-refractivity contribution in [1.29, 1.82) is 0 Å². The van der Waals surface area contributed by atoms with E-state index in [9.17, 15) is 23.9 Å². The van der Waals surface area contributed by atoms with Gasteiger partial charge in [0.15, 0.2) is 6.10 Å². The summed E-state index contributed by atoms with van der Waals surface area (Å²) in [5, 5.41) is 9.90. The van der Waals surface area contributed by atoms with Gasteiger partial charge in [-0.2, -0.15) is 0 Å². The van der Waals surface area contributed by atoms with E-state index in [0.717, 1.165) is 0 Å². The van der Waals surface area contributed by atoms with Crippen molar-refractivity contribution in [2.75, 3.05) is 13.1 Å². The molecule has 1 saturated heterocycles. The number of benzene rings is 2. The number of piperidine rings is 1. The van der Waals surface area contributed by atoms with Gasteiger partial charge in [-0.05, 0) is 62.1 Å². The number of carboxylic acids is 1. The highest BCUT2D eigenvalue weighted by Gasteiger charge is 2.31. The van der Waals surface area contributed by atoms with Crippen LogP contribution in [0.2, 0.25) is 0 Å².